The maximum Gasteiger partial charge on any atom is 0.127 e. The summed E-state index contributed by atoms with van der Waals surface area (Å²) in [5.74, 6) is -0.730. The van der Waals surface area contributed by atoms with Crippen molar-refractivity contribution in [2.45, 2.75) is 25.4 Å². The third kappa shape index (κ3) is 3.00. The second-order valence-electron chi connectivity index (χ2n) is 4.14. The van der Waals surface area contributed by atoms with Crippen molar-refractivity contribution in [2.24, 2.45) is 0 Å². The zero-order chi connectivity index (χ0) is 11.4. The molecule has 16 heavy (non-hydrogen) atoms. The Morgan fingerprint density at radius 2 is 2.00 bits per heavy atom. The lowest BCUT2D eigenvalue weighted by atomic mass is 10.1. The fourth-order valence-electron chi connectivity index (χ4n) is 1.96. The zero-order valence-electron chi connectivity index (χ0n) is 9.10. The highest BCUT2D eigenvalue weighted by molar-refractivity contribution is 5.18. The molecular formula is C12H16F2N2. The smallest absolute Gasteiger partial charge is 0.127 e. The van der Waals surface area contributed by atoms with Gasteiger partial charge in [0.05, 0.1) is 0 Å². The molecule has 0 bridgehead atoms. The van der Waals surface area contributed by atoms with E-state index in [1.807, 2.05) is 0 Å². The molecule has 0 saturated carbocycles. The first-order valence-electron chi connectivity index (χ1n) is 5.64. The van der Waals surface area contributed by atoms with Gasteiger partial charge in [0.15, 0.2) is 0 Å². The largest absolute Gasteiger partial charge is 0.317 e. The van der Waals surface area contributed by atoms with E-state index in [2.05, 4.69) is 10.6 Å². The fraction of sp³-hybridized carbons (Fsp3) is 0.500. The van der Waals surface area contributed by atoms with Gasteiger partial charge in [-0.3, -0.25) is 0 Å². The summed E-state index contributed by atoms with van der Waals surface area (Å²) in [6, 6.07) is 3.98. The van der Waals surface area contributed by atoms with Crippen molar-refractivity contribution in [3.8, 4) is 0 Å². The molecular weight excluding hydrogens is 210 g/mol. The van der Waals surface area contributed by atoms with Gasteiger partial charge in [0, 0.05) is 18.2 Å². The van der Waals surface area contributed by atoms with E-state index in [0.717, 1.165) is 32.0 Å². The summed E-state index contributed by atoms with van der Waals surface area (Å²) in [5.41, 5.74) is 0.401. The Hall–Kier alpha value is -1.00. The van der Waals surface area contributed by atoms with Crippen molar-refractivity contribution in [1.82, 2.24) is 10.6 Å². The Kier molecular flexibility index (Phi) is 3.85. The topological polar surface area (TPSA) is 24.1 Å². The predicted molar refractivity (Wildman–Crippen MR) is 59.1 cm³/mol. The number of halogens is 2. The maximum absolute atomic E-state index is 13.3. The van der Waals surface area contributed by atoms with E-state index in [1.54, 1.807) is 0 Å². The van der Waals surface area contributed by atoms with Crippen LogP contribution in [0.15, 0.2) is 18.2 Å². The lowest BCUT2D eigenvalue weighted by Crippen LogP contribution is -2.39. The lowest BCUT2D eigenvalue weighted by Gasteiger charge is -2.23. The van der Waals surface area contributed by atoms with Gasteiger partial charge in [0.2, 0.25) is 0 Å². The fourth-order valence-corrected chi connectivity index (χ4v) is 1.96. The van der Waals surface area contributed by atoms with E-state index >= 15 is 0 Å². The van der Waals surface area contributed by atoms with Crippen LogP contribution < -0.4 is 10.6 Å². The summed E-state index contributed by atoms with van der Waals surface area (Å²) >= 11 is 0. The Morgan fingerprint density at radius 1 is 1.25 bits per heavy atom. The molecule has 0 aromatic heterocycles. The molecule has 0 amide bonds. The van der Waals surface area contributed by atoms with Crippen LogP contribution in [-0.2, 0) is 6.54 Å². The molecule has 0 atom stereocenters. The summed E-state index contributed by atoms with van der Waals surface area (Å²) in [4.78, 5) is 0. The van der Waals surface area contributed by atoms with Crippen molar-refractivity contribution in [3.05, 3.63) is 35.4 Å². The first-order chi connectivity index (χ1) is 7.75. The van der Waals surface area contributed by atoms with Crippen molar-refractivity contribution in [2.75, 3.05) is 13.1 Å². The average Bonchev–Trinajstić information content (AvgIpc) is 2.32. The predicted octanol–water partition coefficient (Wildman–Crippen LogP) is 1.81. The van der Waals surface area contributed by atoms with Crippen molar-refractivity contribution in [1.29, 1.82) is 0 Å². The number of nitrogens with one attached hydrogen (secondary N) is 2. The van der Waals surface area contributed by atoms with Crippen molar-refractivity contribution >= 4 is 0 Å². The van der Waals surface area contributed by atoms with Crippen LogP contribution in [0.1, 0.15) is 18.4 Å². The monoisotopic (exact) mass is 226 g/mol. The Labute approximate surface area is 94.0 Å². The molecule has 1 saturated heterocycles. The molecule has 0 radical (unpaired) electrons. The lowest BCUT2D eigenvalue weighted by molar-refractivity contribution is 0.383. The van der Waals surface area contributed by atoms with Crippen molar-refractivity contribution in [3.63, 3.8) is 0 Å². The molecule has 0 aliphatic carbocycles. The minimum absolute atomic E-state index is 0.345. The Balaban J connectivity index is 1.90. The Morgan fingerprint density at radius 3 is 2.75 bits per heavy atom. The first-order valence-corrected chi connectivity index (χ1v) is 5.64. The van der Waals surface area contributed by atoms with Gasteiger partial charge in [-0.1, -0.05) is 0 Å². The summed E-state index contributed by atoms with van der Waals surface area (Å²) in [5, 5.41) is 6.52. The molecule has 2 rings (SSSR count). The van der Waals surface area contributed by atoms with E-state index in [-0.39, 0.29) is 11.6 Å². The molecule has 2 nitrogen and oxygen atoms in total. The second-order valence-corrected chi connectivity index (χ2v) is 4.14. The summed E-state index contributed by atoms with van der Waals surface area (Å²) in [6.07, 6.45) is 2.08. The number of rotatable bonds is 3. The van der Waals surface area contributed by atoms with Crippen LogP contribution in [0.3, 0.4) is 0 Å². The van der Waals surface area contributed by atoms with E-state index in [1.165, 1.54) is 12.1 Å². The van der Waals surface area contributed by atoms with Gasteiger partial charge in [-0.2, -0.15) is 0 Å². The second kappa shape index (κ2) is 5.37. The highest BCUT2D eigenvalue weighted by Gasteiger charge is 2.13. The number of benzene rings is 1. The van der Waals surface area contributed by atoms with Gasteiger partial charge in [-0.05, 0) is 44.1 Å². The minimum Gasteiger partial charge on any atom is -0.317 e. The molecule has 1 aromatic rings. The molecule has 1 aliphatic heterocycles. The van der Waals surface area contributed by atoms with Crippen LogP contribution in [0.5, 0.6) is 0 Å². The van der Waals surface area contributed by atoms with Gasteiger partial charge < -0.3 is 10.6 Å². The number of hydrogen-bond donors (Lipinski definition) is 2. The molecule has 1 aliphatic rings. The van der Waals surface area contributed by atoms with Gasteiger partial charge in [0.1, 0.15) is 11.6 Å². The molecule has 0 spiro atoms. The van der Waals surface area contributed by atoms with Crippen LogP contribution in [0, 0.1) is 11.6 Å². The Bertz CT molecular complexity index is 349. The van der Waals surface area contributed by atoms with E-state index in [4.69, 9.17) is 0 Å². The molecule has 88 valence electrons. The van der Waals surface area contributed by atoms with E-state index in [0.29, 0.717) is 18.2 Å². The van der Waals surface area contributed by atoms with E-state index < -0.39 is 0 Å². The number of hydrogen-bond acceptors (Lipinski definition) is 2. The minimum atomic E-state index is -0.386. The summed E-state index contributed by atoms with van der Waals surface area (Å²) < 4.78 is 26.2. The van der Waals surface area contributed by atoms with Crippen molar-refractivity contribution < 1.29 is 8.78 Å². The van der Waals surface area contributed by atoms with Gasteiger partial charge in [-0.25, -0.2) is 8.78 Å². The first kappa shape index (κ1) is 11.5. The zero-order valence-corrected chi connectivity index (χ0v) is 9.10. The molecule has 1 fully saturated rings. The highest BCUT2D eigenvalue weighted by Crippen LogP contribution is 2.10. The van der Waals surface area contributed by atoms with E-state index in [9.17, 15) is 8.78 Å². The van der Waals surface area contributed by atoms with Gasteiger partial charge in [0.25, 0.3) is 0 Å². The highest BCUT2D eigenvalue weighted by atomic mass is 19.1. The normalized spacial score (nSPS) is 17.6. The van der Waals surface area contributed by atoms with Gasteiger partial charge >= 0.3 is 0 Å². The summed E-state index contributed by atoms with van der Waals surface area (Å²) in [6.45, 7) is 2.38. The number of piperidine rings is 1. The third-order valence-electron chi connectivity index (χ3n) is 2.93. The molecule has 0 unspecified atom stereocenters. The third-order valence-corrected chi connectivity index (χ3v) is 2.93. The quantitative estimate of drug-likeness (QED) is 0.821. The van der Waals surface area contributed by atoms with Gasteiger partial charge in [-0.15, -0.1) is 0 Å². The van der Waals surface area contributed by atoms with Crippen LogP contribution >= 0.6 is 0 Å². The molecule has 1 aromatic carbocycles. The van der Waals surface area contributed by atoms with Crippen LogP contribution in [0.2, 0.25) is 0 Å². The SMILES string of the molecule is Fc1ccc(F)c(CNC2CCNCC2)c1. The van der Waals surface area contributed by atoms with Crippen LogP contribution in [0.4, 0.5) is 8.78 Å². The molecule has 4 heteroatoms. The maximum atomic E-state index is 13.3. The van der Waals surface area contributed by atoms with Crippen LogP contribution in [0.25, 0.3) is 0 Å². The summed E-state index contributed by atoms with van der Waals surface area (Å²) in [7, 11) is 0. The molecule has 1 heterocycles. The standard InChI is InChI=1S/C12H16F2N2/c13-10-1-2-12(14)9(7-10)8-16-11-3-5-15-6-4-11/h1-2,7,11,15-16H,3-6,8H2. The molecule has 2 N–H and O–H groups in total. The van der Waals surface area contributed by atoms with Crippen LogP contribution in [-0.4, -0.2) is 19.1 Å². The average molecular weight is 226 g/mol.